The van der Waals surface area contributed by atoms with Crippen molar-refractivity contribution in [3.63, 3.8) is 0 Å². The third-order valence-corrected chi connectivity index (χ3v) is 7.45. The second kappa shape index (κ2) is 6.15. The molecule has 0 fully saturated rings. The van der Waals surface area contributed by atoms with E-state index >= 15 is 0 Å². The van der Waals surface area contributed by atoms with E-state index in [2.05, 4.69) is 15.9 Å². The average Bonchev–Trinajstić information content (AvgIpc) is 2.85. The predicted octanol–water partition coefficient (Wildman–Crippen LogP) is 4.55. The maximum Gasteiger partial charge on any atom is 0.252 e. The first-order chi connectivity index (χ1) is 9.34. The van der Waals surface area contributed by atoms with Crippen LogP contribution in [-0.2, 0) is 10.0 Å². The molecule has 1 aromatic carbocycles. The normalized spacial score (nSPS) is 13.7. The van der Waals surface area contributed by atoms with Gasteiger partial charge in [0, 0.05) is 18.1 Å². The maximum atomic E-state index is 12.5. The van der Waals surface area contributed by atoms with Gasteiger partial charge in [-0.25, -0.2) is 8.42 Å². The summed E-state index contributed by atoms with van der Waals surface area (Å²) in [6.07, 6.45) is 0. The zero-order chi connectivity index (χ0) is 14.9. The molecular weight excluding hydrogens is 382 g/mol. The van der Waals surface area contributed by atoms with Crippen LogP contribution in [0, 0.1) is 0 Å². The van der Waals surface area contributed by atoms with Gasteiger partial charge in [0.05, 0.1) is 3.79 Å². The number of nitrogens with zero attached hydrogens (tertiary/aromatic N) is 1. The van der Waals surface area contributed by atoms with E-state index in [1.807, 2.05) is 25.1 Å². The zero-order valence-electron chi connectivity index (χ0n) is 10.9. The molecule has 1 atom stereocenters. The van der Waals surface area contributed by atoms with E-state index in [4.69, 9.17) is 11.6 Å². The topological polar surface area (TPSA) is 37.4 Å². The van der Waals surface area contributed by atoms with Crippen molar-refractivity contribution in [3.8, 4) is 0 Å². The van der Waals surface area contributed by atoms with E-state index in [0.717, 1.165) is 9.35 Å². The van der Waals surface area contributed by atoms with Crippen LogP contribution in [0.4, 0.5) is 0 Å². The first kappa shape index (κ1) is 16.0. The van der Waals surface area contributed by atoms with E-state index < -0.39 is 10.0 Å². The van der Waals surface area contributed by atoms with Gasteiger partial charge in [0.25, 0.3) is 10.0 Å². The van der Waals surface area contributed by atoms with Gasteiger partial charge in [-0.3, -0.25) is 0 Å². The lowest BCUT2D eigenvalue weighted by Gasteiger charge is -2.24. The maximum absolute atomic E-state index is 12.5. The van der Waals surface area contributed by atoms with Crippen LogP contribution in [0.2, 0.25) is 5.02 Å². The number of halogens is 2. The van der Waals surface area contributed by atoms with Gasteiger partial charge in [-0.15, -0.1) is 11.3 Å². The smallest absolute Gasteiger partial charge is 0.206 e. The molecule has 3 nitrogen and oxygen atoms in total. The number of thiophene rings is 1. The lowest BCUT2D eigenvalue weighted by Crippen LogP contribution is -2.29. The summed E-state index contributed by atoms with van der Waals surface area (Å²) < 4.78 is 27.5. The van der Waals surface area contributed by atoms with Gasteiger partial charge in [-0.1, -0.05) is 29.8 Å². The molecule has 0 aliphatic carbocycles. The molecule has 0 bridgehead atoms. The third-order valence-electron chi connectivity index (χ3n) is 3.08. The Bertz CT molecular complexity index is 715. The third kappa shape index (κ3) is 3.09. The Morgan fingerprint density at radius 3 is 2.45 bits per heavy atom. The first-order valence-corrected chi connectivity index (χ1v) is 9.24. The van der Waals surface area contributed by atoms with Crippen molar-refractivity contribution in [2.45, 2.75) is 17.2 Å². The van der Waals surface area contributed by atoms with Crippen LogP contribution in [0.25, 0.3) is 0 Å². The summed E-state index contributed by atoms with van der Waals surface area (Å²) in [6.45, 7) is 1.82. The Kier molecular flexibility index (Phi) is 4.92. The Balaban J connectivity index is 2.36. The molecule has 1 heterocycles. The van der Waals surface area contributed by atoms with Crippen molar-refractivity contribution in [1.29, 1.82) is 0 Å². The monoisotopic (exact) mass is 393 g/mol. The molecule has 0 N–H and O–H groups in total. The van der Waals surface area contributed by atoms with Crippen LogP contribution in [0.15, 0.2) is 44.4 Å². The quantitative estimate of drug-likeness (QED) is 0.763. The molecule has 108 valence electrons. The molecule has 0 amide bonds. The van der Waals surface area contributed by atoms with Crippen LogP contribution in [0.1, 0.15) is 18.5 Å². The summed E-state index contributed by atoms with van der Waals surface area (Å²) in [7, 11) is -1.95. The fraction of sp³-hybridized carbons (Fsp3) is 0.231. The summed E-state index contributed by atoms with van der Waals surface area (Å²) in [5, 5.41) is 0.564. The van der Waals surface area contributed by atoms with Gasteiger partial charge in [0.15, 0.2) is 0 Å². The average molecular weight is 395 g/mol. The van der Waals surface area contributed by atoms with Gasteiger partial charge in [-0.05, 0) is 46.6 Å². The van der Waals surface area contributed by atoms with Crippen LogP contribution >= 0.6 is 38.9 Å². The van der Waals surface area contributed by atoms with Crippen LogP contribution in [0.5, 0.6) is 0 Å². The largest absolute Gasteiger partial charge is 0.252 e. The van der Waals surface area contributed by atoms with Crippen molar-refractivity contribution in [3.05, 3.63) is 50.8 Å². The fourth-order valence-electron chi connectivity index (χ4n) is 1.80. The minimum Gasteiger partial charge on any atom is -0.206 e. The molecule has 2 rings (SSSR count). The SMILES string of the molecule is CC(c1ccccc1Cl)N(C)S(=O)(=O)c1ccc(Br)s1. The highest BCUT2D eigenvalue weighted by molar-refractivity contribution is 9.11. The van der Waals surface area contributed by atoms with E-state index in [-0.39, 0.29) is 6.04 Å². The molecule has 7 heteroatoms. The Hall–Kier alpha value is -0.400. The molecule has 2 aromatic rings. The summed E-state index contributed by atoms with van der Waals surface area (Å²) in [5.74, 6) is 0. The lowest BCUT2D eigenvalue weighted by molar-refractivity contribution is 0.399. The highest BCUT2D eigenvalue weighted by atomic mass is 79.9. The minimum absolute atomic E-state index is 0.311. The van der Waals surface area contributed by atoms with Gasteiger partial charge >= 0.3 is 0 Å². The molecule has 0 aliphatic heterocycles. The fourth-order valence-corrected chi connectivity index (χ4v) is 5.63. The van der Waals surface area contributed by atoms with Crippen molar-refractivity contribution in [2.24, 2.45) is 0 Å². The van der Waals surface area contributed by atoms with E-state index in [1.165, 1.54) is 15.6 Å². The molecular formula is C13H13BrClNO2S2. The van der Waals surface area contributed by atoms with Crippen molar-refractivity contribution in [2.75, 3.05) is 7.05 Å². The molecule has 1 aromatic heterocycles. The molecule has 0 saturated heterocycles. The summed E-state index contributed by atoms with van der Waals surface area (Å²) in [4.78, 5) is 0. The number of hydrogen-bond donors (Lipinski definition) is 0. The Labute approximate surface area is 136 Å². The van der Waals surface area contributed by atoms with E-state index in [1.54, 1.807) is 25.2 Å². The molecule has 0 spiro atoms. The van der Waals surface area contributed by atoms with Gasteiger partial charge in [-0.2, -0.15) is 4.31 Å². The standard InChI is InChI=1S/C13H13BrClNO2S2/c1-9(10-5-3-4-6-11(10)15)16(2)20(17,18)13-8-7-12(14)19-13/h3-9H,1-2H3. The van der Waals surface area contributed by atoms with Crippen molar-refractivity contribution >= 4 is 48.9 Å². The highest BCUT2D eigenvalue weighted by Gasteiger charge is 2.28. The Morgan fingerprint density at radius 2 is 1.90 bits per heavy atom. The van der Waals surface area contributed by atoms with Gasteiger partial charge in [0.2, 0.25) is 0 Å². The van der Waals surface area contributed by atoms with Crippen LogP contribution in [-0.4, -0.2) is 19.8 Å². The molecule has 1 unspecified atom stereocenters. The van der Waals surface area contributed by atoms with Crippen LogP contribution < -0.4 is 0 Å². The minimum atomic E-state index is -3.52. The predicted molar refractivity (Wildman–Crippen MR) is 86.8 cm³/mol. The van der Waals surface area contributed by atoms with Crippen molar-refractivity contribution < 1.29 is 8.42 Å². The number of benzene rings is 1. The van der Waals surface area contributed by atoms with Crippen LogP contribution in [0.3, 0.4) is 0 Å². The number of hydrogen-bond acceptors (Lipinski definition) is 3. The van der Waals surface area contributed by atoms with E-state index in [9.17, 15) is 8.42 Å². The summed E-state index contributed by atoms with van der Waals surface area (Å²) in [6, 6.07) is 10.3. The van der Waals surface area contributed by atoms with Gasteiger partial charge < -0.3 is 0 Å². The summed E-state index contributed by atoms with van der Waals surface area (Å²) in [5.41, 5.74) is 0.788. The van der Waals surface area contributed by atoms with Crippen molar-refractivity contribution in [1.82, 2.24) is 4.31 Å². The highest BCUT2D eigenvalue weighted by Crippen LogP contribution is 2.33. The van der Waals surface area contributed by atoms with E-state index in [0.29, 0.717) is 9.23 Å². The molecule has 0 radical (unpaired) electrons. The second-order valence-corrected chi connectivity index (χ2v) is 9.37. The van der Waals surface area contributed by atoms with Gasteiger partial charge in [0.1, 0.15) is 4.21 Å². The molecule has 0 aliphatic rings. The number of sulfonamides is 1. The first-order valence-electron chi connectivity index (χ1n) is 5.82. The zero-order valence-corrected chi connectivity index (χ0v) is 14.9. The summed E-state index contributed by atoms with van der Waals surface area (Å²) >= 11 is 10.6. The molecule has 0 saturated carbocycles. The Morgan fingerprint density at radius 1 is 1.25 bits per heavy atom. The molecule has 20 heavy (non-hydrogen) atoms. The number of rotatable bonds is 4. The second-order valence-electron chi connectivity index (χ2n) is 4.28. The lowest BCUT2D eigenvalue weighted by atomic mass is 10.1.